The number of anilines is 1. The number of fused-ring (bicyclic) bond motifs is 1. The van der Waals surface area contributed by atoms with Gasteiger partial charge in [-0.3, -0.25) is 4.98 Å². The van der Waals surface area contributed by atoms with Crippen LogP contribution in [-0.2, 0) is 13.0 Å². The van der Waals surface area contributed by atoms with E-state index in [0.29, 0.717) is 5.56 Å². The van der Waals surface area contributed by atoms with Crippen LogP contribution in [0, 0.1) is 6.92 Å². The summed E-state index contributed by atoms with van der Waals surface area (Å²) in [6.07, 6.45) is 4.42. The Morgan fingerprint density at radius 3 is 2.95 bits per heavy atom. The Hall–Kier alpha value is -2.36. The number of aryl methyl sites for hydroxylation is 1. The van der Waals surface area contributed by atoms with Crippen molar-refractivity contribution >= 4 is 11.7 Å². The second-order valence-electron chi connectivity index (χ2n) is 5.08. The molecule has 2 aromatic rings. The van der Waals surface area contributed by atoms with Crippen LogP contribution in [0.4, 0.5) is 5.69 Å². The third kappa shape index (κ3) is 2.13. The molecule has 102 valence electrons. The van der Waals surface area contributed by atoms with E-state index >= 15 is 0 Å². The summed E-state index contributed by atoms with van der Waals surface area (Å²) in [5.41, 5.74) is 4.83. The molecular weight excluding hydrogens is 252 g/mol. The van der Waals surface area contributed by atoms with Gasteiger partial charge >= 0.3 is 5.97 Å². The van der Waals surface area contributed by atoms with Crippen molar-refractivity contribution in [2.24, 2.45) is 0 Å². The number of pyridine rings is 1. The highest BCUT2D eigenvalue weighted by Gasteiger charge is 2.21. The van der Waals surface area contributed by atoms with E-state index in [1.165, 1.54) is 5.69 Å². The van der Waals surface area contributed by atoms with Crippen LogP contribution in [0.3, 0.4) is 0 Å². The van der Waals surface area contributed by atoms with Crippen LogP contribution in [0.1, 0.15) is 27.0 Å². The Kier molecular flexibility index (Phi) is 3.14. The van der Waals surface area contributed by atoms with Gasteiger partial charge in [-0.05, 0) is 42.2 Å². The van der Waals surface area contributed by atoms with Crippen molar-refractivity contribution in [3.8, 4) is 0 Å². The molecule has 0 radical (unpaired) electrons. The highest BCUT2D eigenvalue weighted by Crippen LogP contribution is 2.28. The number of carboxylic acid groups (broad SMARTS) is 1. The van der Waals surface area contributed by atoms with Gasteiger partial charge < -0.3 is 10.0 Å². The molecule has 0 atom stereocenters. The maximum atomic E-state index is 11.3. The first-order chi connectivity index (χ1) is 9.66. The molecule has 4 nitrogen and oxygen atoms in total. The lowest BCUT2D eigenvalue weighted by Gasteiger charge is -2.32. The molecule has 1 aromatic carbocycles. The number of hydrogen-bond donors (Lipinski definition) is 1. The Bertz CT molecular complexity index is 667. The Labute approximate surface area is 117 Å². The van der Waals surface area contributed by atoms with Crippen LogP contribution < -0.4 is 4.90 Å². The maximum absolute atomic E-state index is 11.3. The van der Waals surface area contributed by atoms with Crippen molar-refractivity contribution in [3.05, 3.63) is 58.9 Å². The summed E-state index contributed by atoms with van der Waals surface area (Å²) in [5.74, 6) is -0.838. The van der Waals surface area contributed by atoms with E-state index in [1.54, 1.807) is 12.3 Å². The molecule has 0 unspecified atom stereocenters. The molecule has 2 heterocycles. The molecule has 1 N–H and O–H groups in total. The minimum absolute atomic E-state index is 0.439. The highest BCUT2D eigenvalue weighted by atomic mass is 16.4. The summed E-state index contributed by atoms with van der Waals surface area (Å²) in [7, 11) is 0. The minimum atomic E-state index is -0.838. The van der Waals surface area contributed by atoms with Gasteiger partial charge in [-0.2, -0.15) is 0 Å². The molecule has 0 fully saturated rings. The van der Waals surface area contributed by atoms with Crippen LogP contribution in [-0.4, -0.2) is 22.6 Å². The van der Waals surface area contributed by atoms with E-state index in [2.05, 4.69) is 9.88 Å². The van der Waals surface area contributed by atoms with Gasteiger partial charge in [0.05, 0.1) is 5.56 Å². The molecule has 0 aliphatic carbocycles. The van der Waals surface area contributed by atoms with Crippen LogP contribution in [0.5, 0.6) is 0 Å². The smallest absolute Gasteiger partial charge is 0.335 e. The zero-order valence-corrected chi connectivity index (χ0v) is 11.3. The van der Waals surface area contributed by atoms with Crippen molar-refractivity contribution in [1.29, 1.82) is 0 Å². The number of carboxylic acids is 1. The van der Waals surface area contributed by atoms with E-state index in [4.69, 9.17) is 0 Å². The number of aromatic nitrogens is 1. The Morgan fingerprint density at radius 1 is 1.35 bits per heavy atom. The first-order valence-electron chi connectivity index (χ1n) is 6.66. The fraction of sp³-hybridized carbons (Fsp3) is 0.250. The average molecular weight is 268 g/mol. The second-order valence-corrected chi connectivity index (χ2v) is 5.08. The summed E-state index contributed by atoms with van der Waals surface area (Å²) < 4.78 is 0. The van der Waals surface area contributed by atoms with Gasteiger partial charge in [-0.15, -0.1) is 0 Å². The number of nitrogens with zero attached hydrogens (tertiary/aromatic N) is 2. The molecule has 0 spiro atoms. The largest absolute Gasteiger partial charge is 0.478 e. The van der Waals surface area contributed by atoms with Gasteiger partial charge in [0.15, 0.2) is 0 Å². The molecule has 1 aliphatic rings. The van der Waals surface area contributed by atoms with Gasteiger partial charge in [0.2, 0.25) is 0 Å². The molecule has 3 rings (SSSR count). The van der Waals surface area contributed by atoms with Gasteiger partial charge in [0.25, 0.3) is 0 Å². The molecule has 1 aliphatic heterocycles. The van der Waals surface area contributed by atoms with E-state index < -0.39 is 5.97 Å². The molecule has 1 aromatic heterocycles. The number of rotatable bonds is 2. The molecule has 0 saturated heterocycles. The molecule has 4 heteroatoms. The highest BCUT2D eigenvalue weighted by molar-refractivity contribution is 5.90. The molecule has 0 amide bonds. The summed E-state index contributed by atoms with van der Waals surface area (Å²) >= 11 is 0. The molecule has 20 heavy (non-hydrogen) atoms. The topological polar surface area (TPSA) is 53.4 Å². The lowest BCUT2D eigenvalue weighted by atomic mass is 9.94. The van der Waals surface area contributed by atoms with E-state index in [9.17, 15) is 9.90 Å². The average Bonchev–Trinajstić information content (AvgIpc) is 2.46. The number of hydrogen-bond acceptors (Lipinski definition) is 3. The van der Waals surface area contributed by atoms with Crippen molar-refractivity contribution in [3.63, 3.8) is 0 Å². The summed E-state index contributed by atoms with van der Waals surface area (Å²) in [6, 6.07) is 7.55. The fourth-order valence-electron chi connectivity index (χ4n) is 2.84. The normalized spacial score (nSPS) is 13.9. The minimum Gasteiger partial charge on any atom is -0.478 e. The lowest BCUT2D eigenvalue weighted by molar-refractivity contribution is 0.0695. The predicted octanol–water partition coefficient (Wildman–Crippen LogP) is 2.65. The van der Waals surface area contributed by atoms with Gasteiger partial charge in [-0.1, -0.05) is 12.1 Å². The molecule has 0 bridgehead atoms. The van der Waals surface area contributed by atoms with E-state index in [1.807, 2.05) is 31.3 Å². The third-order valence-corrected chi connectivity index (χ3v) is 3.83. The molecular formula is C16H16N2O2. The van der Waals surface area contributed by atoms with Crippen LogP contribution in [0.2, 0.25) is 0 Å². The van der Waals surface area contributed by atoms with Crippen LogP contribution >= 0.6 is 0 Å². The molecule has 0 saturated carbocycles. The number of aromatic carboxylic acids is 1. The maximum Gasteiger partial charge on any atom is 0.335 e. The Morgan fingerprint density at radius 2 is 2.20 bits per heavy atom. The summed E-state index contributed by atoms with van der Waals surface area (Å²) in [4.78, 5) is 17.7. The SMILES string of the molecule is Cc1cnccc1N1CCc2c(cccc2C(=O)O)C1. The zero-order valence-electron chi connectivity index (χ0n) is 11.3. The van der Waals surface area contributed by atoms with Gasteiger partial charge in [0.1, 0.15) is 0 Å². The Balaban J connectivity index is 1.96. The van der Waals surface area contributed by atoms with Gasteiger partial charge in [-0.25, -0.2) is 4.79 Å². The van der Waals surface area contributed by atoms with E-state index in [0.717, 1.165) is 36.2 Å². The summed E-state index contributed by atoms with van der Waals surface area (Å²) in [6.45, 7) is 3.63. The summed E-state index contributed by atoms with van der Waals surface area (Å²) in [5, 5.41) is 9.25. The van der Waals surface area contributed by atoms with Crippen molar-refractivity contribution in [1.82, 2.24) is 4.98 Å². The number of benzene rings is 1. The third-order valence-electron chi connectivity index (χ3n) is 3.83. The van der Waals surface area contributed by atoms with Crippen molar-refractivity contribution < 1.29 is 9.90 Å². The van der Waals surface area contributed by atoms with Crippen molar-refractivity contribution in [2.45, 2.75) is 19.9 Å². The van der Waals surface area contributed by atoms with Crippen LogP contribution in [0.15, 0.2) is 36.7 Å². The standard InChI is InChI=1S/C16H16N2O2/c1-11-9-17-7-5-15(11)18-8-6-13-12(10-18)3-2-4-14(13)16(19)20/h2-5,7,9H,6,8,10H2,1H3,(H,19,20). The van der Waals surface area contributed by atoms with Crippen molar-refractivity contribution in [2.75, 3.05) is 11.4 Å². The fourth-order valence-corrected chi connectivity index (χ4v) is 2.84. The monoisotopic (exact) mass is 268 g/mol. The quantitative estimate of drug-likeness (QED) is 0.909. The number of carbonyl (C=O) groups is 1. The lowest BCUT2D eigenvalue weighted by Crippen LogP contribution is -2.31. The van der Waals surface area contributed by atoms with Crippen LogP contribution in [0.25, 0.3) is 0 Å². The van der Waals surface area contributed by atoms with E-state index in [-0.39, 0.29) is 0 Å². The van der Waals surface area contributed by atoms with Gasteiger partial charge in [0, 0.05) is 31.2 Å². The first kappa shape index (κ1) is 12.7. The zero-order chi connectivity index (χ0) is 14.1. The first-order valence-corrected chi connectivity index (χ1v) is 6.66. The second kappa shape index (κ2) is 4.96. The predicted molar refractivity (Wildman–Crippen MR) is 77.1 cm³/mol.